The molecule has 1 aliphatic heterocycles. The molecule has 6 nitrogen and oxygen atoms in total. The molecule has 2 N–H and O–H groups in total. The molecule has 2 rings (SSSR count). The molecule has 0 bridgehead atoms. The number of carbonyl (C=O) groups is 2. The lowest BCUT2D eigenvalue weighted by molar-refractivity contribution is -0.120. The Morgan fingerprint density at radius 2 is 2.20 bits per heavy atom. The van der Waals surface area contributed by atoms with Gasteiger partial charge in [-0.2, -0.15) is 0 Å². The van der Waals surface area contributed by atoms with Crippen molar-refractivity contribution < 1.29 is 14.3 Å². The van der Waals surface area contributed by atoms with Crippen LogP contribution in [0.25, 0.3) is 0 Å². The van der Waals surface area contributed by atoms with Gasteiger partial charge in [0.2, 0.25) is 11.8 Å². The maximum Gasteiger partial charge on any atom is 0.234 e. The number of ether oxygens (including phenoxy) is 1. The van der Waals surface area contributed by atoms with E-state index in [9.17, 15) is 9.59 Å². The SMILES string of the molecule is CNCC(=O)N[C@H]1CC(=O)N(c2ccccc2OC)C1. The number of para-hydroxylation sites is 2. The number of amides is 2. The number of methoxy groups -OCH3 is 1. The fraction of sp³-hybridized carbons (Fsp3) is 0.429. The van der Waals surface area contributed by atoms with E-state index < -0.39 is 0 Å². The zero-order chi connectivity index (χ0) is 14.5. The highest BCUT2D eigenvalue weighted by Crippen LogP contribution is 2.30. The zero-order valence-corrected chi connectivity index (χ0v) is 11.7. The lowest BCUT2D eigenvalue weighted by Crippen LogP contribution is -2.41. The van der Waals surface area contributed by atoms with Gasteiger partial charge < -0.3 is 20.3 Å². The number of benzene rings is 1. The maximum atomic E-state index is 12.1. The lowest BCUT2D eigenvalue weighted by Gasteiger charge is -2.19. The van der Waals surface area contributed by atoms with Crippen molar-refractivity contribution in [3.63, 3.8) is 0 Å². The molecule has 1 aromatic rings. The Morgan fingerprint density at radius 3 is 2.90 bits per heavy atom. The third-order valence-corrected chi connectivity index (χ3v) is 3.20. The molecule has 1 fully saturated rings. The Bertz CT molecular complexity index is 504. The first-order valence-corrected chi connectivity index (χ1v) is 6.53. The predicted molar refractivity (Wildman–Crippen MR) is 75.8 cm³/mol. The molecule has 1 aromatic carbocycles. The summed E-state index contributed by atoms with van der Waals surface area (Å²) in [4.78, 5) is 25.3. The average Bonchev–Trinajstić information content (AvgIpc) is 2.79. The maximum absolute atomic E-state index is 12.1. The van der Waals surface area contributed by atoms with Gasteiger partial charge >= 0.3 is 0 Å². The molecular formula is C14H19N3O3. The van der Waals surface area contributed by atoms with Gasteiger partial charge in [-0.25, -0.2) is 0 Å². The van der Waals surface area contributed by atoms with E-state index in [-0.39, 0.29) is 24.4 Å². The van der Waals surface area contributed by atoms with Gasteiger partial charge in [0.25, 0.3) is 0 Å². The summed E-state index contributed by atoms with van der Waals surface area (Å²) in [5, 5.41) is 5.63. The van der Waals surface area contributed by atoms with E-state index in [4.69, 9.17) is 4.74 Å². The number of anilines is 1. The van der Waals surface area contributed by atoms with Gasteiger partial charge in [-0.1, -0.05) is 12.1 Å². The summed E-state index contributed by atoms with van der Waals surface area (Å²) < 4.78 is 5.27. The van der Waals surface area contributed by atoms with Crippen molar-refractivity contribution in [2.24, 2.45) is 0 Å². The van der Waals surface area contributed by atoms with E-state index in [1.54, 1.807) is 19.1 Å². The molecular weight excluding hydrogens is 258 g/mol. The summed E-state index contributed by atoms with van der Waals surface area (Å²) >= 11 is 0. The highest BCUT2D eigenvalue weighted by Gasteiger charge is 2.32. The van der Waals surface area contributed by atoms with Crippen LogP contribution in [-0.2, 0) is 9.59 Å². The normalized spacial score (nSPS) is 18.2. The third-order valence-electron chi connectivity index (χ3n) is 3.20. The summed E-state index contributed by atoms with van der Waals surface area (Å²) in [7, 11) is 3.28. The number of nitrogens with one attached hydrogen (secondary N) is 2. The standard InChI is InChI=1S/C14H19N3O3/c1-15-8-13(18)16-10-7-14(19)17(9-10)11-5-3-4-6-12(11)20-2/h3-6,10,15H,7-9H2,1-2H3,(H,16,18)/t10-/m0/s1. The van der Waals surface area contributed by atoms with Crippen LogP contribution in [-0.4, -0.2) is 45.1 Å². The number of rotatable bonds is 5. The highest BCUT2D eigenvalue weighted by atomic mass is 16.5. The second-order valence-electron chi connectivity index (χ2n) is 4.68. The van der Waals surface area contributed by atoms with Gasteiger partial charge in [-0.3, -0.25) is 9.59 Å². The van der Waals surface area contributed by atoms with Gasteiger partial charge in [-0.05, 0) is 19.2 Å². The molecule has 108 valence electrons. The first kappa shape index (κ1) is 14.3. The largest absolute Gasteiger partial charge is 0.495 e. The Balaban J connectivity index is 2.07. The smallest absolute Gasteiger partial charge is 0.234 e. The van der Waals surface area contributed by atoms with Crippen molar-refractivity contribution in [3.8, 4) is 5.75 Å². The molecule has 0 saturated carbocycles. The van der Waals surface area contributed by atoms with Crippen molar-refractivity contribution in [2.45, 2.75) is 12.5 Å². The van der Waals surface area contributed by atoms with Gasteiger partial charge in [0, 0.05) is 13.0 Å². The molecule has 20 heavy (non-hydrogen) atoms. The lowest BCUT2D eigenvalue weighted by atomic mass is 10.2. The number of hydrogen-bond acceptors (Lipinski definition) is 4. The molecule has 1 atom stereocenters. The van der Waals surface area contributed by atoms with Crippen LogP contribution < -0.4 is 20.3 Å². The van der Waals surface area contributed by atoms with Crippen LogP contribution in [0.3, 0.4) is 0 Å². The number of likely N-dealkylation sites (N-methyl/N-ethyl adjacent to an activating group) is 1. The highest BCUT2D eigenvalue weighted by molar-refractivity contribution is 5.98. The van der Waals surface area contributed by atoms with Crippen molar-refractivity contribution in [1.82, 2.24) is 10.6 Å². The number of nitrogens with zero attached hydrogens (tertiary/aromatic N) is 1. The minimum absolute atomic E-state index is 0.00995. The molecule has 1 saturated heterocycles. The Labute approximate surface area is 118 Å². The van der Waals surface area contributed by atoms with E-state index in [0.717, 1.165) is 5.69 Å². The average molecular weight is 277 g/mol. The van der Waals surface area contributed by atoms with Crippen LogP contribution in [0.2, 0.25) is 0 Å². The minimum Gasteiger partial charge on any atom is -0.495 e. The molecule has 0 aliphatic carbocycles. The van der Waals surface area contributed by atoms with Gasteiger partial charge in [-0.15, -0.1) is 0 Å². The summed E-state index contributed by atoms with van der Waals surface area (Å²) in [6.07, 6.45) is 0.313. The van der Waals surface area contributed by atoms with Gasteiger partial charge in [0.05, 0.1) is 25.4 Å². The fourth-order valence-electron chi connectivity index (χ4n) is 2.33. The van der Waals surface area contributed by atoms with Crippen LogP contribution in [0.1, 0.15) is 6.42 Å². The van der Waals surface area contributed by atoms with E-state index in [0.29, 0.717) is 18.7 Å². The third kappa shape index (κ3) is 3.08. The van der Waals surface area contributed by atoms with E-state index >= 15 is 0 Å². The molecule has 0 aromatic heterocycles. The first-order valence-electron chi connectivity index (χ1n) is 6.53. The molecule has 1 aliphatic rings. The number of carbonyl (C=O) groups excluding carboxylic acids is 2. The van der Waals surface area contributed by atoms with Crippen LogP contribution in [0.5, 0.6) is 5.75 Å². The minimum atomic E-state index is -0.159. The second kappa shape index (κ2) is 6.38. The summed E-state index contributed by atoms with van der Waals surface area (Å²) in [5.41, 5.74) is 0.741. The molecule has 0 radical (unpaired) electrons. The molecule has 0 spiro atoms. The zero-order valence-electron chi connectivity index (χ0n) is 11.7. The first-order chi connectivity index (χ1) is 9.65. The Morgan fingerprint density at radius 1 is 1.45 bits per heavy atom. The van der Waals surface area contributed by atoms with Crippen LogP contribution >= 0.6 is 0 Å². The fourth-order valence-corrected chi connectivity index (χ4v) is 2.33. The van der Waals surface area contributed by atoms with Crippen LogP contribution in [0.4, 0.5) is 5.69 Å². The molecule has 2 amide bonds. The Hall–Kier alpha value is -2.08. The van der Waals surface area contributed by atoms with Crippen molar-refractivity contribution in [3.05, 3.63) is 24.3 Å². The van der Waals surface area contributed by atoms with Crippen molar-refractivity contribution in [2.75, 3.05) is 32.1 Å². The topological polar surface area (TPSA) is 70.7 Å². The number of hydrogen-bond donors (Lipinski definition) is 2. The van der Waals surface area contributed by atoms with Gasteiger partial charge in [0.15, 0.2) is 0 Å². The predicted octanol–water partition coefficient (Wildman–Crippen LogP) is 0.136. The summed E-state index contributed by atoms with van der Waals surface area (Å²) in [5.74, 6) is 0.541. The molecule has 6 heteroatoms. The van der Waals surface area contributed by atoms with Crippen LogP contribution in [0, 0.1) is 0 Å². The van der Waals surface area contributed by atoms with E-state index in [1.807, 2.05) is 24.3 Å². The quantitative estimate of drug-likeness (QED) is 0.803. The Kier molecular flexibility index (Phi) is 4.57. The summed E-state index contributed by atoms with van der Waals surface area (Å²) in [6, 6.07) is 7.21. The van der Waals surface area contributed by atoms with Crippen molar-refractivity contribution in [1.29, 1.82) is 0 Å². The van der Waals surface area contributed by atoms with E-state index in [2.05, 4.69) is 10.6 Å². The van der Waals surface area contributed by atoms with Crippen LogP contribution in [0.15, 0.2) is 24.3 Å². The van der Waals surface area contributed by atoms with Gasteiger partial charge in [0.1, 0.15) is 5.75 Å². The van der Waals surface area contributed by atoms with Crippen molar-refractivity contribution >= 4 is 17.5 Å². The monoisotopic (exact) mass is 277 g/mol. The van der Waals surface area contributed by atoms with E-state index in [1.165, 1.54) is 0 Å². The summed E-state index contributed by atoms with van der Waals surface area (Å²) in [6.45, 7) is 0.716. The molecule has 0 unspecified atom stereocenters. The molecule has 1 heterocycles. The second-order valence-corrected chi connectivity index (χ2v) is 4.68.